The predicted molar refractivity (Wildman–Crippen MR) is 52.9 cm³/mol. The first-order valence-corrected chi connectivity index (χ1v) is 4.82. The van der Waals surface area contributed by atoms with E-state index in [1.807, 2.05) is 13.0 Å². The maximum absolute atomic E-state index is 5.93. The summed E-state index contributed by atoms with van der Waals surface area (Å²) in [6, 6.07) is 6.46. The van der Waals surface area contributed by atoms with Crippen molar-refractivity contribution in [3.05, 3.63) is 29.3 Å². The lowest BCUT2D eigenvalue weighted by Crippen LogP contribution is -2.04. The Labute approximate surface area is 78.7 Å². The first-order valence-electron chi connectivity index (χ1n) is 4.82. The van der Waals surface area contributed by atoms with Gasteiger partial charge < -0.3 is 10.5 Å². The fourth-order valence-electron chi connectivity index (χ4n) is 1.88. The van der Waals surface area contributed by atoms with Crippen LogP contribution in [0.25, 0.3) is 0 Å². The minimum absolute atomic E-state index is 0.241. The van der Waals surface area contributed by atoms with E-state index in [-0.39, 0.29) is 6.04 Å². The lowest BCUT2D eigenvalue weighted by atomic mass is 10.1. The molecular weight excluding hydrogens is 162 g/mol. The zero-order valence-electron chi connectivity index (χ0n) is 7.92. The van der Waals surface area contributed by atoms with Crippen LogP contribution in [0.2, 0.25) is 0 Å². The van der Waals surface area contributed by atoms with Crippen molar-refractivity contribution in [2.24, 2.45) is 5.73 Å². The van der Waals surface area contributed by atoms with Gasteiger partial charge in [-0.05, 0) is 43.0 Å². The van der Waals surface area contributed by atoms with Gasteiger partial charge in [-0.25, -0.2) is 0 Å². The highest BCUT2D eigenvalue weighted by atomic mass is 16.5. The Morgan fingerprint density at radius 2 is 2.38 bits per heavy atom. The standard InChI is InChI=1S/C11H15NO/c1-2-13-9-4-5-10-8(7-9)3-6-11(10)12/h4-5,7,11H,2-3,6,12H2,1H3/t11-/m0/s1. The molecule has 0 fully saturated rings. The maximum atomic E-state index is 5.93. The van der Waals surface area contributed by atoms with Gasteiger partial charge in [-0.1, -0.05) is 6.07 Å². The Morgan fingerprint density at radius 3 is 3.15 bits per heavy atom. The lowest BCUT2D eigenvalue weighted by molar-refractivity contribution is 0.340. The third-order valence-electron chi connectivity index (χ3n) is 2.55. The number of hydrogen-bond acceptors (Lipinski definition) is 2. The molecule has 0 unspecified atom stereocenters. The van der Waals surface area contributed by atoms with Gasteiger partial charge in [0, 0.05) is 6.04 Å². The van der Waals surface area contributed by atoms with E-state index >= 15 is 0 Å². The van der Waals surface area contributed by atoms with Crippen LogP contribution in [-0.2, 0) is 6.42 Å². The van der Waals surface area contributed by atoms with E-state index in [2.05, 4.69) is 12.1 Å². The van der Waals surface area contributed by atoms with Gasteiger partial charge in [-0.15, -0.1) is 0 Å². The maximum Gasteiger partial charge on any atom is 0.119 e. The number of ether oxygens (including phenoxy) is 1. The van der Waals surface area contributed by atoms with Crippen LogP contribution in [0.15, 0.2) is 18.2 Å². The summed E-state index contributed by atoms with van der Waals surface area (Å²) in [5.41, 5.74) is 8.58. The molecule has 13 heavy (non-hydrogen) atoms. The van der Waals surface area contributed by atoms with E-state index in [0.717, 1.165) is 25.2 Å². The van der Waals surface area contributed by atoms with E-state index in [0.29, 0.717) is 0 Å². The topological polar surface area (TPSA) is 35.2 Å². The Balaban J connectivity index is 2.29. The molecule has 0 bridgehead atoms. The van der Waals surface area contributed by atoms with Gasteiger partial charge in [-0.3, -0.25) is 0 Å². The second-order valence-corrected chi connectivity index (χ2v) is 3.44. The SMILES string of the molecule is CCOc1ccc2c(c1)CC[C@@H]2N. The first kappa shape index (κ1) is 8.57. The quantitative estimate of drug-likeness (QED) is 0.750. The number of rotatable bonds is 2. The normalized spacial score (nSPS) is 20.0. The fourth-order valence-corrected chi connectivity index (χ4v) is 1.88. The number of nitrogens with two attached hydrogens (primary N) is 1. The van der Waals surface area contributed by atoms with Crippen molar-refractivity contribution in [3.8, 4) is 5.75 Å². The van der Waals surface area contributed by atoms with Crippen LogP contribution < -0.4 is 10.5 Å². The second kappa shape index (κ2) is 3.38. The zero-order chi connectivity index (χ0) is 9.26. The molecule has 2 N–H and O–H groups in total. The summed E-state index contributed by atoms with van der Waals surface area (Å²) in [6.45, 7) is 2.73. The van der Waals surface area contributed by atoms with Crippen molar-refractivity contribution in [1.82, 2.24) is 0 Å². The monoisotopic (exact) mass is 177 g/mol. The van der Waals surface area contributed by atoms with Crippen LogP contribution in [0.3, 0.4) is 0 Å². The van der Waals surface area contributed by atoms with Crippen molar-refractivity contribution < 1.29 is 4.74 Å². The van der Waals surface area contributed by atoms with E-state index in [1.54, 1.807) is 0 Å². The highest BCUT2D eigenvalue weighted by molar-refractivity contribution is 5.40. The van der Waals surface area contributed by atoms with E-state index in [9.17, 15) is 0 Å². The fraction of sp³-hybridized carbons (Fsp3) is 0.455. The highest BCUT2D eigenvalue weighted by Crippen LogP contribution is 2.31. The Bertz CT molecular complexity index is 309. The van der Waals surface area contributed by atoms with E-state index < -0.39 is 0 Å². The molecule has 2 nitrogen and oxygen atoms in total. The third-order valence-corrected chi connectivity index (χ3v) is 2.55. The van der Waals surface area contributed by atoms with Gasteiger partial charge in [0.25, 0.3) is 0 Å². The average molecular weight is 177 g/mol. The van der Waals surface area contributed by atoms with Crippen molar-refractivity contribution >= 4 is 0 Å². The molecule has 2 rings (SSSR count). The zero-order valence-corrected chi connectivity index (χ0v) is 7.92. The number of benzene rings is 1. The molecule has 0 aliphatic heterocycles. The van der Waals surface area contributed by atoms with Gasteiger partial charge in [0.05, 0.1) is 6.61 Å². The van der Waals surface area contributed by atoms with Crippen LogP contribution in [0.5, 0.6) is 5.75 Å². The molecule has 0 amide bonds. The molecule has 1 aliphatic carbocycles. The molecule has 1 aromatic rings. The van der Waals surface area contributed by atoms with Crippen LogP contribution in [0.4, 0.5) is 0 Å². The minimum Gasteiger partial charge on any atom is -0.494 e. The summed E-state index contributed by atoms with van der Waals surface area (Å²) < 4.78 is 5.43. The van der Waals surface area contributed by atoms with Crippen LogP contribution in [0, 0.1) is 0 Å². The Kier molecular flexibility index (Phi) is 2.23. The summed E-state index contributed by atoms with van der Waals surface area (Å²) in [5, 5.41) is 0. The van der Waals surface area contributed by atoms with Gasteiger partial charge >= 0.3 is 0 Å². The van der Waals surface area contributed by atoms with Crippen molar-refractivity contribution in [2.75, 3.05) is 6.61 Å². The van der Waals surface area contributed by atoms with Crippen LogP contribution in [-0.4, -0.2) is 6.61 Å². The first-order chi connectivity index (χ1) is 6.31. The van der Waals surface area contributed by atoms with Crippen LogP contribution >= 0.6 is 0 Å². The summed E-state index contributed by atoms with van der Waals surface area (Å²) in [6.07, 6.45) is 2.17. The number of hydrogen-bond donors (Lipinski definition) is 1. The molecule has 2 heteroatoms. The molecule has 1 aliphatic rings. The molecule has 0 aromatic heterocycles. The highest BCUT2D eigenvalue weighted by Gasteiger charge is 2.18. The van der Waals surface area contributed by atoms with E-state index in [1.165, 1.54) is 11.1 Å². The second-order valence-electron chi connectivity index (χ2n) is 3.44. The smallest absolute Gasteiger partial charge is 0.119 e. The lowest BCUT2D eigenvalue weighted by Gasteiger charge is -2.07. The summed E-state index contributed by atoms with van der Waals surface area (Å²) in [5.74, 6) is 0.968. The number of fused-ring (bicyclic) bond motifs is 1. The molecule has 0 saturated carbocycles. The molecule has 0 saturated heterocycles. The van der Waals surface area contributed by atoms with Crippen molar-refractivity contribution in [3.63, 3.8) is 0 Å². The van der Waals surface area contributed by atoms with Crippen LogP contribution in [0.1, 0.15) is 30.5 Å². The predicted octanol–water partition coefficient (Wildman–Crippen LogP) is 2.03. The molecular formula is C11H15NO. The largest absolute Gasteiger partial charge is 0.494 e. The van der Waals surface area contributed by atoms with Gasteiger partial charge in [0.1, 0.15) is 5.75 Å². The summed E-state index contributed by atoms with van der Waals surface area (Å²) in [4.78, 5) is 0. The van der Waals surface area contributed by atoms with Gasteiger partial charge in [0.2, 0.25) is 0 Å². The van der Waals surface area contributed by atoms with E-state index in [4.69, 9.17) is 10.5 Å². The molecule has 1 aromatic carbocycles. The van der Waals surface area contributed by atoms with Gasteiger partial charge in [-0.2, -0.15) is 0 Å². The van der Waals surface area contributed by atoms with Gasteiger partial charge in [0.15, 0.2) is 0 Å². The summed E-state index contributed by atoms with van der Waals surface area (Å²) in [7, 11) is 0. The molecule has 0 radical (unpaired) electrons. The number of aryl methyl sites for hydroxylation is 1. The molecule has 1 atom stereocenters. The molecule has 70 valence electrons. The Morgan fingerprint density at radius 1 is 1.54 bits per heavy atom. The summed E-state index contributed by atoms with van der Waals surface area (Å²) >= 11 is 0. The average Bonchev–Trinajstić information content (AvgIpc) is 2.48. The van der Waals surface area contributed by atoms with Crippen molar-refractivity contribution in [2.45, 2.75) is 25.8 Å². The minimum atomic E-state index is 0.241. The third kappa shape index (κ3) is 1.54. The molecule has 0 spiro atoms. The molecule has 0 heterocycles. The Hall–Kier alpha value is -1.02. The van der Waals surface area contributed by atoms with Crippen molar-refractivity contribution in [1.29, 1.82) is 0 Å².